The third kappa shape index (κ3) is 3.60. The maximum atomic E-state index is 9.96. The topological polar surface area (TPSA) is 89.8 Å². The molecule has 140 valence electrons. The first-order valence-electron chi connectivity index (χ1n) is 8.91. The first-order valence-corrected chi connectivity index (χ1v) is 8.91. The summed E-state index contributed by atoms with van der Waals surface area (Å²) in [6, 6.07) is 25.5. The van der Waals surface area contributed by atoms with Crippen molar-refractivity contribution < 1.29 is 14.6 Å². The average Bonchev–Trinajstić information content (AvgIpc) is 3.13. The second kappa shape index (κ2) is 7.75. The highest BCUT2D eigenvalue weighted by Crippen LogP contribution is 2.42. The molecule has 0 saturated heterocycles. The third-order valence-corrected chi connectivity index (χ3v) is 4.43. The average molecular weight is 380 g/mol. The minimum atomic E-state index is -0.120. The zero-order valence-electron chi connectivity index (χ0n) is 15.3. The second-order valence-electron chi connectivity index (χ2n) is 6.33. The van der Waals surface area contributed by atoms with E-state index < -0.39 is 0 Å². The Morgan fingerprint density at radius 2 is 1.52 bits per heavy atom. The molecule has 4 rings (SSSR count). The van der Waals surface area contributed by atoms with Gasteiger partial charge in [-0.3, -0.25) is 0 Å². The lowest BCUT2D eigenvalue weighted by atomic mass is 9.98. The van der Waals surface area contributed by atoms with Crippen molar-refractivity contribution in [2.45, 2.75) is 0 Å². The molecular formula is C24H16N2O3. The molecule has 0 bridgehead atoms. The maximum absolute atomic E-state index is 9.96. The van der Waals surface area contributed by atoms with E-state index in [0.29, 0.717) is 22.5 Å². The van der Waals surface area contributed by atoms with Gasteiger partial charge in [0.15, 0.2) is 0 Å². The first-order chi connectivity index (χ1) is 14.2. The Morgan fingerprint density at radius 3 is 2.14 bits per heavy atom. The van der Waals surface area contributed by atoms with Gasteiger partial charge in [0.1, 0.15) is 28.9 Å². The highest BCUT2D eigenvalue weighted by Gasteiger charge is 2.22. The molecule has 0 saturated carbocycles. The van der Waals surface area contributed by atoms with Crippen LogP contribution < -0.4 is 0 Å². The predicted molar refractivity (Wildman–Crippen MR) is 111 cm³/mol. The third-order valence-electron chi connectivity index (χ3n) is 4.43. The van der Waals surface area contributed by atoms with Crippen molar-refractivity contribution in [3.63, 3.8) is 0 Å². The Balaban J connectivity index is 1.88. The van der Waals surface area contributed by atoms with E-state index in [-0.39, 0.29) is 17.4 Å². The molecule has 29 heavy (non-hydrogen) atoms. The molecule has 5 nitrogen and oxygen atoms in total. The van der Waals surface area contributed by atoms with Gasteiger partial charge in [-0.25, -0.2) is 4.99 Å². The van der Waals surface area contributed by atoms with Crippen molar-refractivity contribution in [2.24, 2.45) is 4.99 Å². The van der Waals surface area contributed by atoms with Gasteiger partial charge in [-0.05, 0) is 17.7 Å². The number of hydrogen-bond donors (Lipinski definition) is 2. The number of hydrogen-bond acceptors (Lipinski definition) is 5. The van der Waals surface area contributed by atoms with Crippen LogP contribution in [0.2, 0.25) is 0 Å². The molecule has 0 fully saturated rings. The summed E-state index contributed by atoms with van der Waals surface area (Å²) in [4.78, 5) is 4.31. The van der Waals surface area contributed by atoms with Crippen molar-refractivity contribution in [1.82, 2.24) is 0 Å². The monoisotopic (exact) mass is 380 g/mol. The standard InChI is InChI=1S/C24H16N2O3/c25-14-20-22(16-7-3-1-4-8-16)23(17-9-5-2-6-10-17)29-24(20)26-15-18-11-12-19(27)13-21(18)28/h1-13,15,27-28H. The fourth-order valence-corrected chi connectivity index (χ4v) is 3.06. The Bertz CT molecular complexity index is 1220. The zero-order chi connectivity index (χ0) is 20.2. The SMILES string of the molecule is N#Cc1c(N=Cc2ccc(O)cc2O)oc(-c2ccccc2)c1-c1ccccc1. The van der Waals surface area contributed by atoms with Crippen LogP contribution in [0.5, 0.6) is 11.5 Å². The lowest BCUT2D eigenvalue weighted by Crippen LogP contribution is -1.84. The Kier molecular flexibility index (Phi) is 4.83. The minimum Gasteiger partial charge on any atom is -0.508 e. The Hall–Kier alpha value is -4.30. The summed E-state index contributed by atoms with van der Waals surface area (Å²) >= 11 is 0. The molecule has 0 aliphatic heterocycles. The molecule has 4 aromatic rings. The number of aromatic hydroxyl groups is 2. The largest absolute Gasteiger partial charge is 0.508 e. The molecule has 0 unspecified atom stereocenters. The number of phenolic OH excluding ortho intramolecular Hbond substituents is 2. The van der Waals surface area contributed by atoms with Crippen molar-refractivity contribution >= 4 is 12.1 Å². The van der Waals surface area contributed by atoms with Crippen LogP contribution in [0.3, 0.4) is 0 Å². The second-order valence-corrected chi connectivity index (χ2v) is 6.33. The number of aliphatic imine (C=N–C) groups is 1. The lowest BCUT2D eigenvalue weighted by Gasteiger charge is -2.03. The van der Waals surface area contributed by atoms with Crippen LogP contribution >= 0.6 is 0 Å². The van der Waals surface area contributed by atoms with E-state index in [1.165, 1.54) is 24.4 Å². The lowest BCUT2D eigenvalue weighted by molar-refractivity contribution is 0.450. The number of benzene rings is 3. The quantitative estimate of drug-likeness (QED) is 0.448. The Labute approximate surface area is 167 Å². The number of phenols is 2. The highest BCUT2D eigenvalue weighted by atomic mass is 16.4. The van der Waals surface area contributed by atoms with E-state index in [4.69, 9.17) is 4.42 Å². The molecule has 0 spiro atoms. The van der Waals surface area contributed by atoms with Gasteiger partial charge in [0, 0.05) is 29.0 Å². The number of nitrogens with zero attached hydrogens (tertiary/aromatic N) is 2. The van der Waals surface area contributed by atoms with E-state index in [1.807, 2.05) is 60.7 Å². The van der Waals surface area contributed by atoms with E-state index in [1.54, 1.807) is 0 Å². The molecule has 1 heterocycles. The molecule has 0 atom stereocenters. The summed E-state index contributed by atoms with van der Waals surface area (Å²) in [7, 11) is 0. The van der Waals surface area contributed by atoms with Crippen LogP contribution in [-0.2, 0) is 0 Å². The maximum Gasteiger partial charge on any atom is 0.238 e. The molecule has 1 aromatic heterocycles. The summed E-state index contributed by atoms with van der Waals surface area (Å²) in [6.45, 7) is 0. The van der Waals surface area contributed by atoms with Crippen LogP contribution in [-0.4, -0.2) is 16.4 Å². The van der Waals surface area contributed by atoms with Gasteiger partial charge < -0.3 is 14.6 Å². The zero-order valence-corrected chi connectivity index (χ0v) is 15.3. The number of nitriles is 1. The van der Waals surface area contributed by atoms with Gasteiger partial charge in [-0.1, -0.05) is 60.7 Å². The molecule has 0 aliphatic carbocycles. The normalized spacial score (nSPS) is 10.9. The van der Waals surface area contributed by atoms with Crippen LogP contribution in [0.15, 0.2) is 88.3 Å². The van der Waals surface area contributed by atoms with Crippen LogP contribution in [0.1, 0.15) is 11.1 Å². The summed E-state index contributed by atoms with van der Waals surface area (Å²) < 4.78 is 6.01. The fraction of sp³-hybridized carbons (Fsp3) is 0. The molecule has 0 aliphatic rings. The predicted octanol–water partition coefficient (Wildman–Crippen LogP) is 5.65. The highest BCUT2D eigenvalue weighted by molar-refractivity contribution is 5.90. The van der Waals surface area contributed by atoms with Crippen LogP contribution in [0, 0.1) is 11.3 Å². The van der Waals surface area contributed by atoms with Crippen molar-refractivity contribution in [3.05, 3.63) is 90.0 Å². The minimum absolute atomic E-state index is 0.0481. The number of furan rings is 1. The van der Waals surface area contributed by atoms with Gasteiger partial charge in [-0.15, -0.1) is 0 Å². The molecular weight excluding hydrogens is 364 g/mol. The van der Waals surface area contributed by atoms with Crippen molar-refractivity contribution in [3.8, 4) is 40.0 Å². The molecule has 2 N–H and O–H groups in total. The van der Waals surface area contributed by atoms with Gasteiger partial charge in [0.25, 0.3) is 0 Å². The van der Waals surface area contributed by atoms with E-state index >= 15 is 0 Å². The van der Waals surface area contributed by atoms with Crippen molar-refractivity contribution in [2.75, 3.05) is 0 Å². The van der Waals surface area contributed by atoms with E-state index in [0.717, 1.165) is 11.1 Å². The van der Waals surface area contributed by atoms with Gasteiger partial charge in [0.05, 0.1) is 0 Å². The summed E-state index contributed by atoms with van der Waals surface area (Å²) in [5.74, 6) is 0.534. The Morgan fingerprint density at radius 1 is 0.862 bits per heavy atom. The van der Waals surface area contributed by atoms with Gasteiger partial charge in [0.2, 0.25) is 5.88 Å². The van der Waals surface area contributed by atoms with Crippen LogP contribution in [0.25, 0.3) is 22.5 Å². The molecule has 5 heteroatoms. The summed E-state index contributed by atoms with van der Waals surface area (Å²) in [5, 5.41) is 29.2. The van der Waals surface area contributed by atoms with E-state index in [2.05, 4.69) is 11.1 Å². The van der Waals surface area contributed by atoms with E-state index in [9.17, 15) is 15.5 Å². The molecule has 0 radical (unpaired) electrons. The smallest absolute Gasteiger partial charge is 0.238 e. The fourth-order valence-electron chi connectivity index (χ4n) is 3.06. The van der Waals surface area contributed by atoms with Crippen LogP contribution in [0.4, 0.5) is 5.88 Å². The van der Waals surface area contributed by atoms with Gasteiger partial charge >= 0.3 is 0 Å². The van der Waals surface area contributed by atoms with Crippen molar-refractivity contribution in [1.29, 1.82) is 5.26 Å². The number of rotatable bonds is 4. The molecule has 3 aromatic carbocycles. The first kappa shape index (κ1) is 18.1. The summed E-state index contributed by atoms with van der Waals surface area (Å²) in [5.41, 5.74) is 3.05. The molecule has 0 amide bonds. The summed E-state index contributed by atoms with van der Waals surface area (Å²) in [6.07, 6.45) is 1.40. The van der Waals surface area contributed by atoms with Gasteiger partial charge in [-0.2, -0.15) is 5.26 Å².